The summed E-state index contributed by atoms with van der Waals surface area (Å²) < 4.78 is 47.5. The second kappa shape index (κ2) is 7.88. The molecule has 1 fully saturated rings. The van der Waals surface area contributed by atoms with Crippen LogP contribution in [0.15, 0.2) is 53.3 Å². The number of carbonyl (C=O) groups excluding carboxylic acids is 1. The van der Waals surface area contributed by atoms with E-state index in [0.29, 0.717) is 31.9 Å². The topological polar surface area (TPSA) is 80.7 Å². The Morgan fingerprint density at radius 3 is 2.62 bits per heavy atom. The second-order valence-corrected chi connectivity index (χ2v) is 7.89. The minimum absolute atomic E-state index is 0.00145. The summed E-state index contributed by atoms with van der Waals surface area (Å²) >= 11 is 0. The first-order valence-corrected chi connectivity index (χ1v) is 10.4. The quantitative estimate of drug-likeness (QED) is 0.668. The molecular weight excluding hydrogens is 425 g/mol. The van der Waals surface area contributed by atoms with Gasteiger partial charge in [-0.1, -0.05) is 6.07 Å². The molecule has 0 bridgehead atoms. The van der Waals surface area contributed by atoms with Gasteiger partial charge in [-0.15, -0.1) is 0 Å². The third-order valence-corrected chi connectivity index (χ3v) is 5.90. The van der Waals surface area contributed by atoms with Crippen molar-refractivity contribution in [3.8, 4) is 0 Å². The molecule has 168 valence electrons. The number of amides is 1. The third kappa shape index (κ3) is 3.78. The van der Waals surface area contributed by atoms with E-state index in [0.717, 1.165) is 10.5 Å². The summed E-state index contributed by atoms with van der Waals surface area (Å²) in [4.78, 5) is 19.9. The van der Waals surface area contributed by atoms with Crippen molar-refractivity contribution in [1.29, 1.82) is 0 Å². The number of aromatic nitrogens is 3. The van der Waals surface area contributed by atoms with Crippen LogP contribution in [0.3, 0.4) is 0 Å². The van der Waals surface area contributed by atoms with Crippen LogP contribution >= 0.6 is 0 Å². The van der Waals surface area contributed by atoms with Crippen LogP contribution in [0.2, 0.25) is 0 Å². The van der Waals surface area contributed by atoms with Crippen molar-refractivity contribution in [1.82, 2.24) is 14.7 Å². The van der Waals surface area contributed by atoms with E-state index >= 15 is 0 Å². The Morgan fingerprint density at radius 2 is 1.97 bits per heavy atom. The number of H-pyrrole nitrogens is 1. The Bertz CT molecular complexity index is 1070. The maximum Gasteiger partial charge on any atom is 0.410 e. The summed E-state index contributed by atoms with van der Waals surface area (Å²) in [5.74, 6) is 1.15. The zero-order valence-electron chi connectivity index (χ0n) is 17.0. The number of hydrogen-bond donors (Lipinski definition) is 1. The molecule has 5 rings (SSSR count). The van der Waals surface area contributed by atoms with Crippen molar-refractivity contribution >= 4 is 17.5 Å². The molecule has 0 aliphatic carbocycles. The van der Waals surface area contributed by atoms with Crippen LogP contribution in [-0.4, -0.2) is 52.9 Å². The molecule has 0 aromatic carbocycles. The SMILES string of the molecule is O=C(c1cc2n(n1)[C@H](C(F)(F)F)C[C@H](c1ccco1)N2)N1CCN(c2cccc[nH+]2)CC1. The fourth-order valence-corrected chi connectivity index (χ4v) is 4.25. The standard InChI is InChI=1S/C21H21F3N6O2/c22-21(23,24)17-12-14(16-4-3-11-32-16)26-19-13-15(27-30(17)19)20(31)29-9-7-28(8-10-29)18-5-1-2-6-25-18/h1-6,11,13-14,17,26H,7-10,12H2/p+1/t14-,17+/m1/s1. The summed E-state index contributed by atoms with van der Waals surface area (Å²) in [5, 5.41) is 7.09. The molecule has 3 aromatic rings. The number of furan rings is 1. The van der Waals surface area contributed by atoms with Crippen LogP contribution < -0.4 is 15.2 Å². The van der Waals surface area contributed by atoms with E-state index in [9.17, 15) is 18.0 Å². The number of pyridine rings is 1. The first-order chi connectivity index (χ1) is 15.4. The van der Waals surface area contributed by atoms with E-state index in [4.69, 9.17) is 4.42 Å². The molecule has 2 aliphatic rings. The van der Waals surface area contributed by atoms with Crippen molar-refractivity contribution in [3.63, 3.8) is 0 Å². The summed E-state index contributed by atoms with van der Waals surface area (Å²) in [6.07, 6.45) is -1.52. The molecule has 0 radical (unpaired) electrons. The fraction of sp³-hybridized carbons (Fsp3) is 0.381. The van der Waals surface area contributed by atoms with Gasteiger partial charge in [0.05, 0.1) is 31.6 Å². The summed E-state index contributed by atoms with van der Waals surface area (Å²) in [7, 11) is 0. The summed E-state index contributed by atoms with van der Waals surface area (Å²) in [6.45, 7) is 2.14. The molecule has 2 aliphatic heterocycles. The van der Waals surface area contributed by atoms with Gasteiger partial charge in [0.15, 0.2) is 11.7 Å². The summed E-state index contributed by atoms with van der Waals surface area (Å²) in [5.41, 5.74) is 0.00145. The van der Waals surface area contributed by atoms with Gasteiger partial charge in [0.2, 0.25) is 0 Å². The average Bonchev–Trinajstić information content (AvgIpc) is 3.48. The molecule has 11 heteroatoms. The number of anilines is 2. The number of carbonyl (C=O) groups is 1. The highest BCUT2D eigenvalue weighted by atomic mass is 19.4. The number of hydrogen-bond acceptors (Lipinski definition) is 5. The number of nitrogens with one attached hydrogen (secondary N) is 2. The van der Waals surface area contributed by atoms with E-state index in [1.165, 1.54) is 12.3 Å². The second-order valence-electron chi connectivity index (χ2n) is 7.89. The van der Waals surface area contributed by atoms with Gasteiger partial charge >= 0.3 is 6.18 Å². The van der Waals surface area contributed by atoms with Gasteiger partial charge in [0.25, 0.3) is 11.7 Å². The fourth-order valence-electron chi connectivity index (χ4n) is 4.25. The lowest BCUT2D eigenvalue weighted by molar-refractivity contribution is -0.364. The Hall–Kier alpha value is -3.50. The highest BCUT2D eigenvalue weighted by Crippen LogP contribution is 2.43. The molecule has 32 heavy (non-hydrogen) atoms. The minimum atomic E-state index is -4.51. The maximum absolute atomic E-state index is 13.8. The molecule has 0 unspecified atom stereocenters. The molecule has 1 saturated heterocycles. The number of piperazine rings is 1. The predicted octanol–water partition coefficient (Wildman–Crippen LogP) is 2.91. The normalized spacial score (nSPS) is 21.2. The highest BCUT2D eigenvalue weighted by Gasteiger charge is 2.47. The molecule has 5 heterocycles. The number of rotatable bonds is 3. The molecule has 8 nitrogen and oxygen atoms in total. The lowest BCUT2D eigenvalue weighted by Crippen LogP contribution is -2.50. The van der Waals surface area contributed by atoms with Crippen molar-refractivity contribution in [2.24, 2.45) is 0 Å². The van der Waals surface area contributed by atoms with Gasteiger partial charge < -0.3 is 14.6 Å². The van der Waals surface area contributed by atoms with E-state index in [1.54, 1.807) is 17.0 Å². The zero-order chi connectivity index (χ0) is 22.3. The predicted molar refractivity (Wildman–Crippen MR) is 108 cm³/mol. The van der Waals surface area contributed by atoms with Crippen LogP contribution in [0.25, 0.3) is 0 Å². The van der Waals surface area contributed by atoms with Crippen molar-refractivity contribution in [2.45, 2.75) is 24.7 Å². The van der Waals surface area contributed by atoms with Gasteiger partial charge in [0, 0.05) is 18.6 Å². The molecule has 1 amide bonds. The van der Waals surface area contributed by atoms with E-state index in [1.807, 2.05) is 24.4 Å². The van der Waals surface area contributed by atoms with Crippen molar-refractivity contribution in [3.05, 3.63) is 60.3 Å². The van der Waals surface area contributed by atoms with E-state index < -0.39 is 18.3 Å². The molecule has 2 atom stereocenters. The Labute approximate surface area is 181 Å². The van der Waals surface area contributed by atoms with Gasteiger partial charge in [-0.05, 0) is 18.2 Å². The van der Waals surface area contributed by atoms with E-state index in [-0.39, 0.29) is 23.8 Å². The lowest BCUT2D eigenvalue weighted by Gasteiger charge is -2.32. The van der Waals surface area contributed by atoms with E-state index in [2.05, 4.69) is 20.3 Å². The van der Waals surface area contributed by atoms with Crippen LogP contribution in [0.1, 0.15) is 34.8 Å². The van der Waals surface area contributed by atoms with Gasteiger partial charge in [-0.3, -0.25) is 9.69 Å². The maximum atomic E-state index is 13.8. The molecular formula is C21H22F3N6O2+. The Morgan fingerprint density at radius 1 is 1.16 bits per heavy atom. The Balaban J connectivity index is 1.34. The molecule has 0 saturated carbocycles. The Kier molecular flexibility index (Phi) is 5.03. The monoisotopic (exact) mass is 447 g/mol. The van der Waals surface area contributed by atoms with Gasteiger partial charge in [-0.25, -0.2) is 9.67 Å². The van der Waals surface area contributed by atoms with Crippen molar-refractivity contribution < 1.29 is 27.4 Å². The smallest absolute Gasteiger partial charge is 0.410 e. The van der Waals surface area contributed by atoms with Crippen LogP contribution in [0.4, 0.5) is 24.8 Å². The third-order valence-electron chi connectivity index (χ3n) is 5.90. The van der Waals surface area contributed by atoms with Crippen LogP contribution in [0, 0.1) is 0 Å². The number of aromatic amines is 1. The first kappa shape index (κ1) is 20.4. The van der Waals surface area contributed by atoms with Crippen LogP contribution in [-0.2, 0) is 0 Å². The zero-order valence-corrected chi connectivity index (χ0v) is 17.0. The number of fused-ring (bicyclic) bond motifs is 1. The van der Waals surface area contributed by atoms with Crippen LogP contribution in [0.5, 0.6) is 0 Å². The first-order valence-electron chi connectivity index (χ1n) is 10.4. The minimum Gasteiger partial charge on any atom is -0.467 e. The molecule has 2 N–H and O–H groups in total. The number of halogens is 3. The van der Waals surface area contributed by atoms with Gasteiger partial charge in [-0.2, -0.15) is 18.3 Å². The lowest BCUT2D eigenvalue weighted by atomic mass is 10.0. The molecule has 3 aromatic heterocycles. The largest absolute Gasteiger partial charge is 0.467 e. The highest BCUT2D eigenvalue weighted by molar-refractivity contribution is 5.93. The molecule has 0 spiro atoms. The van der Waals surface area contributed by atoms with Gasteiger partial charge in [0.1, 0.15) is 24.7 Å². The number of alkyl halides is 3. The average molecular weight is 447 g/mol. The van der Waals surface area contributed by atoms with Crippen molar-refractivity contribution in [2.75, 3.05) is 36.4 Å². The number of nitrogens with zero attached hydrogens (tertiary/aromatic N) is 4. The summed E-state index contributed by atoms with van der Waals surface area (Å²) in [6, 6.07) is 7.93.